The van der Waals surface area contributed by atoms with Crippen LogP contribution in [0.5, 0.6) is 5.75 Å². The molecule has 2 aromatic rings. The lowest BCUT2D eigenvalue weighted by Gasteiger charge is -2.23. The average molecular weight is 378 g/mol. The number of ether oxygens (including phenoxy) is 1. The van der Waals surface area contributed by atoms with Crippen LogP contribution in [0.2, 0.25) is 0 Å². The maximum Gasteiger partial charge on any atom is 0.240 e. The molecule has 2 amide bonds. The fourth-order valence-corrected chi connectivity index (χ4v) is 4.03. The van der Waals surface area contributed by atoms with Crippen molar-refractivity contribution in [1.82, 2.24) is 5.32 Å². The van der Waals surface area contributed by atoms with Crippen LogP contribution in [0.25, 0.3) is 0 Å². The van der Waals surface area contributed by atoms with Crippen molar-refractivity contribution in [2.75, 3.05) is 18.1 Å². The summed E-state index contributed by atoms with van der Waals surface area (Å²) in [5.74, 6) is 0.376. The normalized spacial score (nSPS) is 17.0. The lowest BCUT2D eigenvalue weighted by atomic mass is 9.89. The highest BCUT2D eigenvalue weighted by Gasteiger charge is 2.25. The minimum Gasteiger partial charge on any atom is -0.491 e. The van der Waals surface area contributed by atoms with E-state index < -0.39 is 0 Å². The second-order valence-electron chi connectivity index (χ2n) is 7.57. The van der Waals surface area contributed by atoms with Gasteiger partial charge in [0.05, 0.1) is 24.8 Å². The monoisotopic (exact) mass is 378 g/mol. The first-order chi connectivity index (χ1) is 13.6. The molecule has 1 N–H and O–H groups in total. The Balaban J connectivity index is 1.46. The number of anilines is 1. The molecular formula is C23H26N2O3. The van der Waals surface area contributed by atoms with Crippen molar-refractivity contribution in [3.8, 4) is 5.75 Å². The average Bonchev–Trinajstić information content (AvgIpc) is 2.86. The van der Waals surface area contributed by atoms with Crippen LogP contribution in [0.4, 0.5) is 5.69 Å². The number of hydrogen-bond acceptors (Lipinski definition) is 3. The Labute approximate surface area is 165 Å². The smallest absolute Gasteiger partial charge is 0.240 e. The molecular weight excluding hydrogens is 352 g/mol. The van der Waals surface area contributed by atoms with Crippen molar-refractivity contribution in [1.29, 1.82) is 0 Å². The number of rotatable bonds is 4. The lowest BCUT2D eigenvalue weighted by Crippen LogP contribution is -2.41. The molecule has 5 heteroatoms. The summed E-state index contributed by atoms with van der Waals surface area (Å²) in [6.45, 7) is 2.32. The molecule has 0 unspecified atom stereocenters. The van der Waals surface area contributed by atoms with Gasteiger partial charge in [0.25, 0.3) is 0 Å². The van der Waals surface area contributed by atoms with E-state index in [2.05, 4.69) is 23.5 Å². The number of para-hydroxylation sites is 2. The van der Waals surface area contributed by atoms with Crippen LogP contribution < -0.4 is 15.0 Å². The second-order valence-corrected chi connectivity index (χ2v) is 7.57. The predicted octanol–water partition coefficient (Wildman–Crippen LogP) is 3.56. The summed E-state index contributed by atoms with van der Waals surface area (Å²) in [4.78, 5) is 26.7. The van der Waals surface area contributed by atoms with E-state index in [9.17, 15) is 9.59 Å². The molecule has 1 aliphatic heterocycles. The summed E-state index contributed by atoms with van der Waals surface area (Å²) in [5.41, 5.74) is 4.60. The van der Waals surface area contributed by atoms with E-state index in [1.54, 1.807) is 0 Å². The predicted molar refractivity (Wildman–Crippen MR) is 109 cm³/mol. The van der Waals surface area contributed by atoms with Crippen LogP contribution in [0.15, 0.2) is 42.5 Å². The van der Waals surface area contributed by atoms with Crippen molar-refractivity contribution >= 4 is 17.5 Å². The number of benzene rings is 2. The molecule has 0 fully saturated rings. The molecule has 1 atom stereocenters. The number of nitrogens with zero attached hydrogens (tertiary/aromatic N) is 1. The van der Waals surface area contributed by atoms with Gasteiger partial charge in [-0.3, -0.25) is 14.5 Å². The molecule has 0 saturated carbocycles. The maximum absolute atomic E-state index is 12.7. The lowest BCUT2D eigenvalue weighted by molar-refractivity contribution is -0.124. The van der Waals surface area contributed by atoms with E-state index in [0.717, 1.165) is 18.4 Å². The van der Waals surface area contributed by atoms with E-state index in [1.807, 2.05) is 31.2 Å². The van der Waals surface area contributed by atoms with Gasteiger partial charge in [-0.25, -0.2) is 0 Å². The molecule has 0 spiro atoms. The van der Waals surface area contributed by atoms with Gasteiger partial charge < -0.3 is 10.1 Å². The van der Waals surface area contributed by atoms with Crippen molar-refractivity contribution < 1.29 is 14.3 Å². The van der Waals surface area contributed by atoms with Crippen molar-refractivity contribution in [3.05, 3.63) is 59.2 Å². The van der Waals surface area contributed by atoms with E-state index in [1.165, 1.54) is 28.9 Å². The topological polar surface area (TPSA) is 58.6 Å². The highest BCUT2D eigenvalue weighted by Crippen LogP contribution is 2.31. The largest absolute Gasteiger partial charge is 0.491 e. The van der Waals surface area contributed by atoms with E-state index in [0.29, 0.717) is 18.0 Å². The van der Waals surface area contributed by atoms with Crippen molar-refractivity contribution in [3.63, 3.8) is 0 Å². The minimum absolute atomic E-state index is 0.00547. The number of carbonyl (C=O) groups excluding carboxylic acids is 2. The fraction of sp³-hybridized carbons (Fsp3) is 0.391. The summed E-state index contributed by atoms with van der Waals surface area (Å²) in [7, 11) is 0. The summed E-state index contributed by atoms with van der Waals surface area (Å²) < 4.78 is 5.64. The SMILES string of the molecule is C[C@@H](NC(=O)CN1C(=O)CCOc2ccccc21)c1ccc2c(c1)CCCC2. The molecule has 2 aromatic carbocycles. The highest BCUT2D eigenvalue weighted by atomic mass is 16.5. The Bertz CT molecular complexity index is 893. The molecule has 1 heterocycles. The Kier molecular flexibility index (Phi) is 5.33. The summed E-state index contributed by atoms with van der Waals surface area (Å²) in [6.07, 6.45) is 5.02. The summed E-state index contributed by atoms with van der Waals surface area (Å²) in [6, 6.07) is 13.8. The first-order valence-electron chi connectivity index (χ1n) is 10.0. The van der Waals surface area contributed by atoms with Gasteiger partial charge in [0.1, 0.15) is 12.3 Å². The third-order valence-corrected chi connectivity index (χ3v) is 5.58. The molecule has 5 nitrogen and oxygen atoms in total. The van der Waals surface area contributed by atoms with Crippen LogP contribution in [-0.4, -0.2) is 25.0 Å². The zero-order valence-electron chi connectivity index (χ0n) is 16.2. The van der Waals surface area contributed by atoms with Gasteiger partial charge in [-0.2, -0.15) is 0 Å². The van der Waals surface area contributed by atoms with Crippen LogP contribution >= 0.6 is 0 Å². The van der Waals surface area contributed by atoms with Gasteiger partial charge in [0.15, 0.2) is 0 Å². The zero-order chi connectivity index (χ0) is 19.5. The number of amides is 2. The Morgan fingerprint density at radius 1 is 1.11 bits per heavy atom. The molecule has 0 bridgehead atoms. The maximum atomic E-state index is 12.7. The molecule has 0 radical (unpaired) electrons. The molecule has 28 heavy (non-hydrogen) atoms. The van der Waals surface area contributed by atoms with Crippen LogP contribution in [0.3, 0.4) is 0 Å². The van der Waals surface area contributed by atoms with Crippen LogP contribution in [-0.2, 0) is 22.4 Å². The second kappa shape index (κ2) is 8.05. The van der Waals surface area contributed by atoms with Crippen LogP contribution in [0, 0.1) is 0 Å². The zero-order valence-corrected chi connectivity index (χ0v) is 16.2. The molecule has 146 valence electrons. The molecule has 1 aliphatic carbocycles. The minimum atomic E-state index is -0.171. The van der Waals surface area contributed by atoms with Crippen molar-refractivity contribution in [2.24, 2.45) is 0 Å². The highest BCUT2D eigenvalue weighted by molar-refractivity contribution is 6.00. The van der Waals surface area contributed by atoms with Gasteiger partial charge in [-0.15, -0.1) is 0 Å². The van der Waals surface area contributed by atoms with Gasteiger partial charge in [-0.05, 0) is 61.4 Å². The van der Waals surface area contributed by atoms with E-state index >= 15 is 0 Å². The van der Waals surface area contributed by atoms with Gasteiger partial charge in [-0.1, -0.05) is 30.3 Å². The summed E-state index contributed by atoms with van der Waals surface area (Å²) in [5, 5.41) is 3.05. The Morgan fingerprint density at radius 2 is 1.89 bits per heavy atom. The van der Waals surface area contributed by atoms with E-state index in [-0.39, 0.29) is 30.8 Å². The third-order valence-electron chi connectivity index (χ3n) is 5.58. The number of hydrogen-bond donors (Lipinski definition) is 1. The van der Waals surface area contributed by atoms with Crippen LogP contribution in [0.1, 0.15) is 48.9 Å². The Morgan fingerprint density at radius 3 is 2.75 bits per heavy atom. The first kappa shape index (κ1) is 18.5. The number of carbonyl (C=O) groups is 2. The third kappa shape index (κ3) is 3.88. The Hall–Kier alpha value is -2.82. The van der Waals surface area contributed by atoms with Gasteiger partial charge in [0.2, 0.25) is 11.8 Å². The molecule has 4 rings (SSSR count). The van der Waals surface area contributed by atoms with E-state index in [4.69, 9.17) is 4.74 Å². The number of aryl methyl sites for hydroxylation is 2. The fourth-order valence-electron chi connectivity index (χ4n) is 4.03. The van der Waals surface area contributed by atoms with Gasteiger partial charge >= 0.3 is 0 Å². The molecule has 0 aromatic heterocycles. The number of fused-ring (bicyclic) bond motifs is 2. The molecule has 2 aliphatic rings. The first-order valence-corrected chi connectivity index (χ1v) is 10.0. The quantitative estimate of drug-likeness (QED) is 0.885. The summed E-state index contributed by atoms with van der Waals surface area (Å²) >= 11 is 0. The number of nitrogens with one attached hydrogen (secondary N) is 1. The van der Waals surface area contributed by atoms with Crippen molar-refractivity contribution in [2.45, 2.75) is 45.1 Å². The van der Waals surface area contributed by atoms with Gasteiger partial charge in [0, 0.05) is 0 Å². The molecule has 0 saturated heterocycles. The standard InChI is InChI=1S/C23H26N2O3/c1-16(18-11-10-17-6-2-3-7-19(17)14-18)24-22(26)15-25-20-8-4-5-9-21(20)28-13-12-23(25)27/h4-5,8-11,14,16H,2-3,6-7,12-13,15H2,1H3,(H,24,26)/t16-/m1/s1.